The number of carbonyl (C=O) groups excluding carboxylic acids is 1. The molecular formula is C24H27N5O2S. The third-order valence-electron chi connectivity index (χ3n) is 6.69. The zero-order valence-electron chi connectivity index (χ0n) is 18.2. The van der Waals surface area contributed by atoms with Gasteiger partial charge in [0.15, 0.2) is 5.16 Å². The first-order valence-corrected chi connectivity index (χ1v) is 12.1. The van der Waals surface area contributed by atoms with E-state index in [0.29, 0.717) is 24.2 Å². The van der Waals surface area contributed by atoms with Gasteiger partial charge in [-0.2, -0.15) is 0 Å². The Balaban J connectivity index is 1.41. The normalized spacial score (nSPS) is 20.2. The van der Waals surface area contributed by atoms with Crippen LogP contribution in [0.2, 0.25) is 0 Å². The summed E-state index contributed by atoms with van der Waals surface area (Å²) in [5.74, 6) is 1.91. The summed E-state index contributed by atoms with van der Waals surface area (Å²) in [5, 5.41) is 0.700. The van der Waals surface area contributed by atoms with Crippen LogP contribution in [0.3, 0.4) is 0 Å². The van der Waals surface area contributed by atoms with Crippen molar-refractivity contribution >= 4 is 17.7 Å². The summed E-state index contributed by atoms with van der Waals surface area (Å²) in [6.45, 7) is 0.994. The molecule has 1 aromatic carbocycles. The molecule has 3 aromatic rings. The number of hydrogen-bond acceptors (Lipinski definition) is 5. The van der Waals surface area contributed by atoms with Crippen LogP contribution < -0.4 is 5.56 Å². The first kappa shape index (κ1) is 21.0. The molecule has 1 amide bonds. The summed E-state index contributed by atoms with van der Waals surface area (Å²) in [6, 6.07) is 10.7. The van der Waals surface area contributed by atoms with Crippen molar-refractivity contribution in [1.82, 2.24) is 24.0 Å². The van der Waals surface area contributed by atoms with Crippen molar-refractivity contribution in [3.05, 3.63) is 76.2 Å². The molecule has 166 valence electrons. The Morgan fingerprint density at radius 1 is 1.16 bits per heavy atom. The van der Waals surface area contributed by atoms with Crippen LogP contribution in [-0.2, 0) is 20.1 Å². The van der Waals surface area contributed by atoms with Gasteiger partial charge in [0.25, 0.3) is 11.5 Å². The minimum absolute atomic E-state index is 0.0752. The van der Waals surface area contributed by atoms with E-state index < -0.39 is 0 Å². The minimum atomic E-state index is -0.235. The molecule has 1 aliphatic carbocycles. The van der Waals surface area contributed by atoms with E-state index in [1.165, 1.54) is 11.8 Å². The maximum atomic E-state index is 13.7. The van der Waals surface area contributed by atoms with Crippen LogP contribution >= 0.6 is 11.8 Å². The van der Waals surface area contributed by atoms with Crippen molar-refractivity contribution in [2.45, 2.75) is 55.9 Å². The summed E-state index contributed by atoms with van der Waals surface area (Å²) in [4.78, 5) is 37.4. The second-order valence-electron chi connectivity index (χ2n) is 8.56. The maximum Gasteiger partial charge on any atom is 0.267 e. The second kappa shape index (κ2) is 8.94. The van der Waals surface area contributed by atoms with E-state index >= 15 is 0 Å². The Bertz CT molecular complexity index is 1160. The summed E-state index contributed by atoms with van der Waals surface area (Å²) in [5.41, 5.74) is 1.30. The number of carbonyl (C=O) groups is 1. The quantitative estimate of drug-likeness (QED) is 0.558. The van der Waals surface area contributed by atoms with Crippen molar-refractivity contribution in [2.24, 2.45) is 7.05 Å². The number of hydrogen-bond donors (Lipinski definition) is 0. The molecule has 8 heteroatoms. The van der Waals surface area contributed by atoms with Gasteiger partial charge in [0.05, 0.1) is 6.54 Å². The van der Waals surface area contributed by atoms with Gasteiger partial charge in [0.1, 0.15) is 11.4 Å². The van der Waals surface area contributed by atoms with E-state index in [-0.39, 0.29) is 23.1 Å². The lowest BCUT2D eigenvalue weighted by Crippen LogP contribution is -2.44. The zero-order valence-corrected chi connectivity index (χ0v) is 19.0. The van der Waals surface area contributed by atoms with Gasteiger partial charge >= 0.3 is 0 Å². The minimum Gasteiger partial charge on any atom is -0.337 e. The highest BCUT2D eigenvalue weighted by molar-refractivity contribution is 7.99. The molecule has 3 heterocycles. The molecule has 0 bridgehead atoms. The largest absolute Gasteiger partial charge is 0.337 e. The number of fused-ring (bicyclic) bond motifs is 1. The fourth-order valence-corrected chi connectivity index (χ4v) is 5.75. The van der Waals surface area contributed by atoms with E-state index in [4.69, 9.17) is 0 Å². The third kappa shape index (κ3) is 3.99. The van der Waals surface area contributed by atoms with Crippen LogP contribution in [0.5, 0.6) is 0 Å². The lowest BCUT2D eigenvalue weighted by molar-refractivity contribution is 0.0593. The molecule has 0 spiro atoms. The van der Waals surface area contributed by atoms with Crippen LogP contribution in [0, 0.1) is 0 Å². The smallest absolute Gasteiger partial charge is 0.267 e. The van der Waals surface area contributed by atoms with Gasteiger partial charge in [-0.25, -0.2) is 9.97 Å². The molecule has 0 N–H and O–H groups in total. The third-order valence-corrected chi connectivity index (χ3v) is 7.66. The zero-order chi connectivity index (χ0) is 22.1. The number of aryl methyl sites for hydroxylation is 1. The van der Waals surface area contributed by atoms with Crippen LogP contribution in [0.1, 0.15) is 53.3 Å². The molecule has 0 radical (unpaired) electrons. The van der Waals surface area contributed by atoms with Crippen molar-refractivity contribution in [2.75, 3.05) is 5.75 Å². The number of rotatable bonds is 5. The average molecular weight is 450 g/mol. The highest BCUT2D eigenvalue weighted by Crippen LogP contribution is 2.35. The van der Waals surface area contributed by atoms with Crippen molar-refractivity contribution in [3.63, 3.8) is 0 Å². The molecule has 7 nitrogen and oxygen atoms in total. The highest BCUT2D eigenvalue weighted by Gasteiger charge is 2.33. The molecular weight excluding hydrogens is 422 g/mol. The van der Waals surface area contributed by atoms with Gasteiger partial charge in [-0.1, -0.05) is 42.1 Å². The SMILES string of the molecule is Cn1ccnc1CN(C(=O)c1cnc2n(c1=O)CCS2)C1CCC(c2ccccc2)CC1. The Labute approximate surface area is 191 Å². The van der Waals surface area contributed by atoms with E-state index in [9.17, 15) is 9.59 Å². The monoisotopic (exact) mass is 449 g/mol. The fraction of sp³-hybridized carbons (Fsp3) is 0.417. The molecule has 2 aromatic heterocycles. The van der Waals surface area contributed by atoms with E-state index in [1.54, 1.807) is 22.5 Å². The molecule has 5 rings (SSSR count). The van der Waals surface area contributed by atoms with Gasteiger partial charge in [-0.05, 0) is 37.2 Å². The summed E-state index contributed by atoms with van der Waals surface area (Å²) in [6.07, 6.45) is 8.96. The molecule has 32 heavy (non-hydrogen) atoms. The molecule has 0 atom stereocenters. The van der Waals surface area contributed by atoms with Crippen molar-refractivity contribution in [3.8, 4) is 0 Å². The van der Waals surface area contributed by atoms with Gasteiger partial charge < -0.3 is 9.47 Å². The van der Waals surface area contributed by atoms with E-state index in [2.05, 4.69) is 34.2 Å². The van der Waals surface area contributed by atoms with Gasteiger partial charge in [-0.3, -0.25) is 14.2 Å². The summed E-state index contributed by atoms with van der Waals surface area (Å²) >= 11 is 1.56. The number of thioether (sulfide) groups is 1. The molecule has 0 saturated heterocycles. The number of aromatic nitrogens is 4. The van der Waals surface area contributed by atoms with Gasteiger partial charge in [0, 0.05) is 44.0 Å². The Kier molecular flexibility index (Phi) is 5.87. The summed E-state index contributed by atoms with van der Waals surface area (Å²) in [7, 11) is 1.93. The van der Waals surface area contributed by atoms with Crippen LogP contribution in [-0.4, -0.2) is 41.7 Å². The lowest BCUT2D eigenvalue weighted by Gasteiger charge is -2.37. The number of nitrogens with zero attached hydrogens (tertiary/aromatic N) is 5. The van der Waals surface area contributed by atoms with E-state index in [1.807, 2.05) is 28.8 Å². The van der Waals surface area contributed by atoms with Crippen molar-refractivity contribution in [1.29, 1.82) is 0 Å². The number of amides is 1. The predicted octanol–water partition coefficient (Wildman–Crippen LogP) is 3.45. The first-order chi connectivity index (χ1) is 15.6. The van der Waals surface area contributed by atoms with Crippen LogP contribution in [0.15, 0.2) is 58.9 Å². The average Bonchev–Trinajstić information content (AvgIpc) is 3.47. The fourth-order valence-electron chi connectivity index (χ4n) is 4.83. The van der Waals surface area contributed by atoms with Gasteiger partial charge in [0.2, 0.25) is 0 Å². The molecule has 1 saturated carbocycles. The standard InChI is InChI=1S/C24H27N5O2S/c1-27-12-11-25-21(27)16-29(19-9-7-18(8-10-19)17-5-3-2-4-6-17)23(31)20-15-26-24-28(22(20)30)13-14-32-24/h2-6,11-12,15,18-19H,7-10,13-14,16H2,1H3. The second-order valence-corrected chi connectivity index (χ2v) is 9.63. The molecule has 2 aliphatic rings. The lowest BCUT2D eigenvalue weighted by atomic mass is 9.81. The topological polar surface area (TPSA) is 73.0 Å². The van der Waals surface area contributed by atoms with Crippen LogP contribution in [0.4, 0.5) is 0 Å². The van der Waals surface area contributed by atoms with Crippen molar-refractivity contribution < 1.29 is 4.79 Å². The first-order valence-electron chi connectivity index (χ1n) is 11.2. The van der Waals surface area contributed by atoms with Gasteiger partial charge in [-0.15, -0.1) is 0 Å². The van der Waals surface area contributed by atoms with E-state index in [0.717, 1.165) is 37.3 Å². The molecule has 1 aliphatic heterocycles. The predicted molar refractivity (Wildman–Crippen MR) is 124 cm³/mol. The molecule has 1 fully saturated rings. The Morgan fingerprint density at radius 2 is 1.94 bits per heavy atom. The number of imidazole rings is 1. The number of benzene rings is 1. The molecule has 0 unspecified atom stereocenters. The summed E-state index contributed by atoms with van der Waals surface area (Å²) < 4.78 is 3.56. The Hall–Kier alpha value is -2.87. The highest BCUT2D eigenvalue weighted by atomic mass is 32.2. The maximum absolute atomic E-state index is 13.7. The Morgan fingerprint density at radius 3 is 2.66 bits per heavy atom. The van der Waals surface area contributed by atoms with Crippen LogP contribution in [0.25, 0.3) is 0 Å².